The first-order valence-electron chi connectivity index (χ1n) is 13.3. The summed E-state index contributed by atoms with van der Waals surface area (Å²) in [4.78, 5) is 17.7. The average molecular weight is 494 g/mol. The molecule has 6 nitrogen and oxygen atoms in total. The number of hydrogen-bond acceptors (Lipinski definition) is 3. The van der Waals surface area contributed by atoms with E-state index in [1.54, 1.807) is 0 Å². The van der Waals surface area contributed by atoms with E-state index in [1.807, 2.05) is 14.0 Å². The Labute approximate surface area is 219 Å². The number of aromatic amines is 1. The standard InChI is InChI=1S/C31H35N5O/c1-21-13-14-36(29(17-21)23-7-5-4-6-8-23)31(32-3)35-15-16-37-30-12-10-24(18-26(30)20-35)25-9-11-27-28(19-25)34-22(2)33-27/h4-12,18-19,21,29H,13-17,20H2,1-3H3,(H,33,34). The molecule has 3 heterocycles. The van der Waals surface area contributed by atoms with Gasteiger partial charge in [-0.05, 0) is 66.6 Å². The van der Waals surface area contributed by atoms with Gasteiger partial charge in [0.15, 0.2) is 5.96 Å². The maximum atomic E-state index is 6.22. The Morgan fingerprint density at radius 2 is 1.84 bits per heavy atom. The van der Waals surface area contributed by atoms with Crippen LogP contribution in [0.1, 0.15) is 42.8 Å². The minimum Gasteiger partial charge on any atom is -0.491 e. The smallest absolute Gasteiger partial charge is 0.197 e. The van der Waals surface area contributed by atoms with Crippen molar-refractivity contribution in [3.63, 3.8) is 0 Å². The fourth-order valence-electron chi connectivity index (χ4n) is 5.88. The molecule has 1 aromatic heterocycles. The van der Waals surface area contributed by atoms with Gasteiger partial charge >= 0.3 is 0 Å². The Kier molecular flexibility index (Phi) is 6.33. The predicted molar refractivity (Wildman–Crippen MR) is 150 cm³/mol. The van der Waals surface area contributed by atoms with Crippen LogP contribution in [-0.2, 0) is 6.54 Å². The SMILES string of the molecule is CN=C(N1CCOc2ccc(-c3ccc4nc(C)[nH]c4c3)cc2C1)N1CCC(C)CC1c1ccccc1. The van der Waals surface area contributed by atoms with Crippen molar-refractivity contribution in [2.45, 2.75) is 39.3 Å². The molecule has 0 spiro atoms. The molecule has 0 bridgehead atoms. The summed E-state index contributed by atoms with van der Waals surface area (Å²) in [7, 11) is 1.93. The molecule has 3 aromatic carbocycles. The summed E-state index contributed by atoms with van der Waals surface area (Å²) in [5.74, 6) is 3.67. The number of nitrogens with zero attached hydrogens (tertiary/aromatic N) is 4. The molecule has 0 aliphatic carbocycles. The zero-order chi connectivity index (χ0) is 25.4. The first kappa shape index (κ1) is 23.6. The number of rotatable bonds is 2. The Bertz CT molecular complexity index is 1430. The van der Waals surface area contributed by atoms with Crippen LogP contribution in [0.4, 0.5) is 0 Å². The second-order valence-corrected chi connectivity index (χ2v) is 10.4. The number of benzene rings is 3. The van der Waals surface area contributed by atoms with Crippen LogP contribution in [0, 0.1) is 12.8 Å². The van der Waals surface area contributed by atoms with Gasteiger partial charge in [-0.15, -0.1) is 0 Å². The molecule has 37 heavy (non-hydrogen) atoms. The van der Waals surface area contributed by atoms with Crippen molar-refractivity contribution in [3.05, 3.63) is 83.7 Å². The van der Waals surface area contributed by atoms with Crippen LogP contribution < -0.4 is 4.74 Å². The highest BCUT2D eigenvalue weighted by Crippen LogP contribution is 2.36. The zero-order valence-corrected chi connectivity index (χ0v) is 21.9. The van der Waals surface area contributed by atoms with Crippen LogP contribution in [0.3, 0.4) is 0 Å². The van der Waals surface area contributed by atoms with E-state index >= 15 is 0 Å². The molecule has 2 unspecified atom stereocenters. The van der Waals surface area contributed by atoms with Gasteiger partial charge in [0.25, 0.3) is 0 Å². The van der Waals surface area contributed by atoms with Crippen LogP contribution in [0.2, 0.25) is 0 Å². The van der Waals surface area contributed by atoms with Crippen molar-refractivity contribution in [1.82, 2.24) is 19.8 Å². The van der Waals surface area contributed by atoms with Crippen molar-refractivity contribution in [1.29, 1.82) is 0 Å². The minimum atomic E-state index is 0.336. The summed E-state index contributed by atoms with van der Waals surface area (Å²) in [5, 5.41) is 0. The van der Waals surface area contributed by atoms with Crippen LogP contribution in [0.5, 0.6) is 5.75 Å². The maximum Gasteiger partial charge on any atom is 0.197 e. The molecule has 1 N–H and O–H groups in total. The number of aromatic nitrogens is 2. The van der Waals surface area contributed by atoms with Gasteiger partial charge in [-0.25, -0.2) is 4.98 Å². The van der Waals surface area contributed by atoms with Crippen molar-refractivity contribution < 1.29 is 4.74 Å². The number of likely N-dealkylation sites (tertiary alicyclic amines) is 1. The van der Waals surface area contributed by atoms with Gasteiger partial charge in [0.05, 0.1) is 23.6 Å². The van der Waals surface area contributed by atoms with E-state index in [2.05, 4.69) is 93.4 Å². The second kappa shape index (κ2) is 9.92. The summed E-state index contributed by atoms with van der Waals surface area (Å²) in [6, 6.07) is 24.2. The van der Waals surface area contributed by atoms with E-state index in [0.29, 0.717) is 18.6 Å². The molecule has 2 aliphatic rings. The Hall–Kier alpha value is -3.80. The van der Waals surface area contributed by atoms with Crippen LogP contribution in [-0.4, -0.2) is 52.5 Å². The molecule has 6 rings (SSSR count). The van der Waals surface area contributed by atoms with Crippen molar-refractivity contribution in [3.8, 4) is 16.9 Å². The molecule has 2 aliphatic heterocycles. The number of hydrogen-bond donors (Lipinski definition) is 1. The topological polar surface area (TPSA) is 56.8 Å². The van der Waals surface area contributed by atoms with Crippen molar-refractivity contribution >= 4 is 17.0 Å². The number of aryl methyl sites for hydroxylation is 1. The number of piperidine rings is 1. The Morgan fingerprint density at radius 1 is 1.03 bits per heavy atom. The van der Waals surface area contributed by atoms with Gasteiger partial charge in [0.1, 0.15) is 18.2 Å². The minimum absolute atomic E-state index is 0.336. The average Bonchev–Trinajstić information content (AvgIpc) is 3.16. The molecule has 0 amide bonds. The first-order chi connectivity index (χ1) is 18.1. The molecule has 6 heteroatoms. The van der Waals surface area contributed by atoms with E-state index in [0.717, 1.165) is 54.6 Å². The van der Waals surface area contributed by atoms with Gasteiger partial charge < -0.3 is 19.5 Å². The highest BCUT2D eigenvalue weighted by Gasteiger charge is 2.33. The summed E-state index contributed by atoms with van der Waals surface area (Å²) >= 11 is 0. The van der Waals surface area contributed by atoms with E-state index in [-0.39, 0.29) is 0 Å². The second-order valence-electron chi connectivity index (χ2n) is 10.4. The molecular weight excluding hydrogens is 458 g/mol. The lowest BCUT2D eigenvalue weighted by molar-refractivity contribution is 0.168. The lowest BCUT2D eigenvalue weighted by Gasteiger charge is -2.43. The van der Waals surface area contributed by atoms with Gasteiger partial charge in [-0.1, -0.05) is 49.4 Å². The third kappa shape index (κ3) is 4.68. The molecule has 1 saturated heterocycles. The molecule has 190 valence electrons. The normalized spacial score (nSPS) is 20.5. The summed E-state index contributed by atoms with van der Waals surface area (Å²) < 4.78 is 6.22. The maximum absolute atomic E-state index is 6.22. The first-order valence-corrected chi connectivity index (χ1v) is 13.3. The number of nitrogens with one attached hydrogen (secondary N) is 1. The number of aliphatic imine (C=N–C) groups is 1. The monoisotopic (exact) mass is 493 g/mol. The summed E-state index contributed by atoms with van der Waals surface area (Å²) in [5.41, 5.74) is 6.98. The lowest BCUT2D eigenvalue weighted by Crippen LogP contribution is -2.49. The van der Waals surface area contributed by atoms with Gasteiger partial charge in [0, 0.05) is 25.7 Å². The summed E-state index contributed by atoms with van der Waals surface area (Å²) in [6.07, 6.45) is 2.33. The Morgan fingerprint density at radius 3 is 2.68 bits per heavy atom. The quantitative estimate of drug-likeness (QED) is 0.267. The van der Waals surface area contributed by atoms with E-state index in [9.17, 15) is 0 Å². The van der Waals surface area contributed by atoms with E-state index < -0.39 is 0 Å². The van der Waals surface area contributed by atoms with Gasteiger partial charge in [-0.2, -0.15) is 0 Å². The number of ether oxygens (including phenoxy) is 1. The number of fused-ring (bicyclic) bond motifs is 2. The zero-order valence-electron chi connectivity index (χ0n) is 21.9. The molecular formula is C31H35N5O. The number of imidazole rings is 1. The molecule has 2 atom stereocenters. The lowest BCUT2D eigenvalue weighted by atomic mass is 9.88. The highest BCUT2D eigenvalue weighted by molar-refractivity contribution is 5.83. The van der Waals surface area contributed by atoms with Gasteiger partial charge in [0.2, 0.25) is 0 Å². The third-order valence-corrected chi connectivity index (χ3v) is 7.76. The number of guanidine groups is 1. The van der Waals surface area contributed by atoms with Crippen LogP contribution >= 0.6 is 0 Å². The fourth-order valence-corrected chi connectivity index (χ4v) is 5.88. The largest absolute Gasteiger partial charge is 0.491 e. The van der Waals surface area contributed by atoms with Crippen LogP contribution in [0.15, 0.2) is 71.7 Å². The third-order valence-electron chi connectivity index (χ3n) is 7.76. The van der Waals surface area contributed by atoms with E-state index in [1.165, 1.54) is 28.7 Å². The van der Waals surface area contributed by atoms with Crippen molar-refractivity contribution in [2.24, 2.45) is 10.9 Å². The molecule has 0 radical (unpaired) electrons. The summed E-state index contributed by atoms with van der Waals surface area (Å²) in [6.45, 7) is 7.60. The molecule has 1 fully saturated rings. The van der Waals surface area contributed by atoms with Crippen LogP contribution in [0.25, 0.3) is 22.2 Å². The molecule has 0 saturated carbocycles. The fraction of sp³-hybridized carbons (Fsp3) is 0.355. The van der Waals surface area contributed by atoms with E-state index in [4.69, 9.17) is 9.73 Å². The van der Waals surface area contributed by atoms with Crippen molar-refractivity contribution in [2.75, 3.05) is 26.7 Å². The molecule has 4 aromatic rings. The Balaban J connectivity index is 1.30. The predicted octanol–water partition coefficient (Wildman–Crippen LogP) is 6.19. The highest BCUT2D eigenvalue weighted by atomic mass is 16.5. The number of H-pyrrole nitrogens is 1. The van der Waals surface area contributed by atoms with Gasteiger partial charge in [-0.3, -0.25) is 4.99 Å².